The Hall–Kier alpha value is -1.77. The minimum Gasteiger partial charge on any atom is -0.272 e. The van der Waals surface area contributed by atoms with E-state index in [2.05, 4.69) is 38.0 Å². The van der Waals surface area contributed by atoms with E-state index >= 15 is 0 Å². The van der Waals surface area contributed by atoms with Crippen LogP contribution < -0.4 is 10.4 Å². The first-order valence-corrected chi connectivity index (χ1v) is 6.24. The van der Waals surface area contributed by atoms with Crippen LogP contribution >= 0.6 is 0 Å². The molecule has 1 heterocycles. The first kappa shape index (κ1) is 12.7. The molecule has 0 unspecified atom stereocenters. The van der Waals surface area contributed by atoms with Crippen molar-refractivity contribution in [2.75, 3.05) is 5.01 Å². The summed E-state index contributed by atoms with van der Waals surface area (Å²) >= 11 is 0. The molecule has 1 N–H and O–H groups in total. The number of hydrogen-bond acceptors (Lipinski definition) is 2. The van der Waals surface area contributed by atoms with E-state index in [1.807, 2.05) is 26.0 Å². The summed E-state index contributed by atoms with van der Waals surface area (Å²) in [5.41, 5.74) is 5.32. The van der Waals surface area contributed by atoms with Gasteiger partial charge in [0.2, 0.25) is 5.91 Å². The van der Waals surface area contributed by atoms with E-state index in [0.717, 1.165) is 11.4 Å². The highest BCUT2D eigenvalue weighted by Crippen LogP contribution is 2.36. The lowest BCUT2D eigenvalue weighted by molar-refractivity contribution is -0.125. The van der Waals surface area contributed by atoms with Gasteiger partial charge in [0.25, 0.3) is 0 Å². The minimum absolute atomic E-state index is 0.0135. The van der Waals surface area contributed by atoms with Crippen LogP contribution in [0.2, 0.25) is 0 Å². The van der Waals surface area contributed by atoms with Crippen LogP contribution in [0.5, 0.6) is 0 Å². The third-order valence-corrected chi connectivity index (χ3v) is 3.59. The highest BCUT2D eigenvalue weighted by molar-refractivity contribution is 5.92. The molecule has 0 atom stereocenters. The monoisotopic (exact) mass is 244 g/mol. The van der Waals surface area contributed by atoms with Crippen LogP contribution in [-0.4, -0.2) is 5.91 Å². The largest absolute Gasteiger partial charge is 0.272 e. The number of benzene rings is 1. The van der Waals surface area contributed by atoms with Crippen molar-refractivity contribution in [1.29, 1.82) is 0 Å². The zero-order chi connectivity index (χ0) is 13.5. The average molecular weight is 244 g/mol. The molecule has 1 saturated heterocycles. The van der Waals surface area contributed by atoms with Crippen molar-refractivity contribution in [3.63, 3.8) is 0 Å². The third kappa shape index (κ3) is 1.90. The summed E-state index contributed by atoms with van der Waals surface area (Å²) < 4.78 is 0. The molecule has 0 saturated carbocycles. The van der Waals surface area contributed by atoms with Gasteiger partial charge in [-0.15, -0.1) is 0 Å². The van der Waals surface area contributed by atoms with Gasteiger partial charge in [-0.05, 0) is 37.5 Å². The van der Waals surface area contributed by atoms with Crippen molar-refractivity contribution in [2.24, 2.45) is 5.41 Å². The van der Waals surface area contributed by atoms with Gasteiger partial charge < -0.3 is 0 Å². The molecule has 1 aromatic rings. The molecule has 1 fully saturated rings. The maximum absolute atomic E-state index is 11.9. The van der Waals surface area contributed by atoms with Gasteiger partial charge in [0.1, 0.15) is 0 Å². The predicted molar refractivity (Wildman–Crippen MR) is 74.1 cm³/mol. The van der Waals surface area contributed by atoms with Crippen molar-refractivity contribution in [2.45, 2.75) is 33.6 Å². The average Bonchev–Trinajstić information content (AvgIpc) is 2.53. The summed E-state index contributed by atoms with van der Waals surface area (Å²) in [5.74, 6) is 0.493. The van der Waals surface area contributed by atoms with Gasteiger partial charge in [0, 0.05) is 5.70 Å². The van der Waals surface area contributed by atoms with Crippen molar-refractivity contribution in [3.05, 3.63) is 42.1 Å². The van der Waals surface area contributed by atoms with Gasteiger partial charge in [-0.25, -0.2) is 0 Å². The van der Waals surface area contributed by atoms with E-state index in [9.17, 15) is 4.79 Å². The molecule has 18 heavy (non-hydrogen) atoms. The molecule has 96 valence electrons. The molecule has 1 amide bonds. The van der Waals surface area contributed by atoms with Crippen LogP contribution in [0.25, 0.3) is 0 Å². The summed E-state index contributed by atoms with van der Waals surface area (Å²) in [6, 6.07) is 8.21. The van der Waals surface area contributed by atoms with E-state index < -0.39 is 5.41 Å². The van der Waals surface area contributed by atoms with Gasteiger partial charge in [-0.2, -0.15) is 0 Å². The Bertz CT molecular complexity index is 486. The molecular weight excluding hydrogens is 224 g/mol. The Morgan fingerprint density at radius 2 is 1.78 bits per heavy atom. The minimum atomic E-state index is -0.545. The molecule has 0 bridgehead atoms. The molecule has 3 heteroatoms. The first-order chi connectivity index (χ1) is 8.34. The van der Waals surface area contributed by atoms with E-state index in [-0.39, 0.29) is 5.91 Å². The topological polar surface area (TPSA) is 32.3 Å². The molecule has 1 aliphatic heterocycles. The Morgan fingerprint density at radius 3 is 2.17 bits per heavy atom. The maximum Gasteiger partial charge on any atom is 0.250 e. The number of nitrogens with zero attached hydrogens (tertiary/aromatic N) is 1. The summed E-state index contributed by atoms with van der Waals surface area (Å²) in [6.45, 7) is 12.1. The highest BCUT2D eigenvalue weighted by Gasteiger charge is 2.42. The molecule has 0 aromatic heterocycles. The second kappa shape index (κ2) is 4.16. The number of nitrogens with one attached hydrogen (secondary N) is 1. The SMILES string of the molecule is C=C1N(c2ccc(C(C)C)cc2)NC(=O)C1(C)C. The third-order valence-electron chi connectivity index (χ3n) is 3.59. The lowest BCUT2D eigenvalue weighted by Gasteiger charge is -2.22. The molecule has 1 aliphatic rings. The number of hydrogen-bond donors (Lipinski definition) is 1. The van der Waals surface area contributed by atoms with E-state index in [1.54, 1.807) is 5.01 Å². The zero-order valence-electron chi connectivity index (χ0n) is 11.4. The van der Waals surface area contributed by atoms with Crippen molar-refractivity contribution < 1.29 is 4.79 Å². The quantitative estimate of drug-likeness (QED) is 0.866. The number of rotatable bonds is 2. The maximum atomic E-state index is 11.9. The Morgan fingerprint density at radius 1 is 1.22 bits per heavy atom. The highest BCUT2D eigenvalue weighted by atomic mass is 16.2. The normalized spacial score (nSPS) is 18.4. The molecule has 0 radical (unpaired) electrons. The van der Waals surface area contributed by atoms with E-state index in [4.69, 9.17) is 0 Å². The number of hydrazine groups is 1. The van der Waals surface area contributed by atoms with Crippen LogP contribution in [0, 0.1) is 5.41 Å². The van der Waals surface area contributed by atoms with Gasteiger partial charge in [-0.1, -0.05) is 32.6 Å². The van der Waals surface area contributed by atoms with Gasteiger partial charge >= 0.3 is 0 Å². The van der Waals surface area contributed by atoms with Crippen LogP contribution in [-0.2, 0) is 4.79 Å². The molecule has 2 rings (SSSR count). The second-order valence-corrected chi connectivity index (χ2v) is 5.59. The van der Waals surface area contributed by atoms with Crippen molar-refractivity contribution >= 4 is 11.6 Å². The number of anilines is 1. The van der Waals surface area contributed by atoms with Gasteiger partial charge in [0.05, 0.1) is 11.1 Å². The molecule has 1 aromatic carbocycles. The number of carbonyl (C=O) groups is 1. The Kier molecular flexibility index (Phi) is 2.93. The van der Waals surface area contributed by atoms with E-state index in [0.29, 0.717) is 5.92 Å². The fourth-order valence-corrected chi connectivity index (χ4v) is 1.95. The van der Waals surface area contributed by atoms with Crippen LogP contribution in [0.3, 0.4) is 0 Å². The molecular formula is C15H20N2O. The smallest absolute Gasteiger partial charge is 0.250 e. The van der Waals surface area contributed by atoms with Crippen LogP contribution in [0.15, 0.2) is 36.5 Å². The van der Waals surface area contributed by atoms with E-state index in [1.165, 1.54) is 5.56 Å². The summed E-state index contributed by atoms with van der Waals surface area (Å²) in [7, 11) is 0. The number of amides is 1. The van der Waals surface area contributed by atoms with Gasteiger partial charge in [0.15, 0.2) is 0 Å². The standard InChI is InChI=1S/C15H20N2O/c1-10(2)12-6-8-13(9-7-12)17-11(3)15(4,5)14(18)16-17/h6-10H,3H2,1-2,4-5H3,(H,16,18). The van der Waals surface area contributed by atoms with Crippen molar-refractivity contribution in [3.8, 4) is 0 Å². The van der Waals surface area contributed by atoms with Crippen LogP contribution in [0.4, 0.5) is 5.69 Å². The predicted octanol–water partition coefficient (Wildman–Crippen LogP) is 3.20. The van der Waals surface area contributed by atoms with Crippen LogP contribution in [0.1, 0.15) is 39.2 Å². The molecule has 0 spiro atoms. The van der Waals surface area contributed by atoms with Crippen molar-refractivity contribution in [1.82, 2.24) is 5.43 Å². The molecule has 0 aliphatic carbocycles. The fourth-order valence-electron chi connectivity index (χ4n) is 1.95. The Labute approximate surface area is 108 Å². The van der Waals surface area contributed by atoms with Gasteiger partial charge in [-0.3, -0.25) is 15.2 Å². The summed E-state index contributed by atoms with van der Waals surface area (Å²) in [6.07, 6.45) is 0. The fraction of sp³-hybridized carbons (Fsp3) is 0.400. The number of carbonyl (C=O) groups excluding carboxylic acids is 1. The zero-order valence-corrected chi connectivity index (χ0v) is 11.4. The summed E-state index contributed by atoms with van der Waals surface area (Å²) in [4.78, 5) is 11.9. The lowest BCUT2D eigenvalue weighted by atomic mass is 9.90. The molecule has 3 nitrogen and oxygen atoms in total. The summed E-state index contributed by atoms with van der Waals surface area (Å²) in [5, 5.41) is 1.77. The second-order valence-electron chi connectivity index (χ2n) is 5.59. The Balaban J connectivity index is 2.29. The lowest BCUT2D eigenvalue weighted by Crippen LogP contribution is -2.32. The first-order valence-electron chi connectivity index (χ1n) is 6.24.